The molecule has 0 bridgehead atoms. The summed E-state index contributed by atoms with van der Waals surface area (Å²) < 4.78 is 69.4. The molecule has 3 fully saturated rings. The third-order valence-corrected chi connectivity index (χ3v) is 8.41. The van der Waals surface area contributed by atoms with Gasteiger partial charge in [0.2, 0.25) is 11.8 Å². The van der Waals surface area contributed by atoms with E-state index in [1.807, 2.05) is 11.9 Å². The molecule has 2 aromatic heterocycles. The molecule has 2 N–H and O–H groups in total. The predicted molar refractivity (Wildman–Crippen MR) is 134 cm³/mol. The summed E-state index contributed by atoms with van der Waals surface area (Å²) in [5, 5.41) is 10.3. The maximum atomic E-state index is 13.8. The van der Waals surface area contributed by atoms with E-state index in [4.69, 9.17) is 10.1 Å². The van der Waals surface area contributed by atoms with Crippen LogP contribution in [-0.2, 0) is 11.2 Å². The summed E-state index contributed by atoms with van der Waals surface area (Å²) in [4.78, 5) is 26.3. The number of aromatic nitrogens is 4. The molecule has 1 saturated carbocycles. The maximum Gasteiger partial charge on any atom is 0.393 e. The van der Waals surface area contributed by atoms with Gasteiger partial charge in [-0.2, -0.15) is 23.3 Å². The SMILES string of the molecule is CNC(c1cn2nc(C[C@H]3CC(C(F)(F)F)CNC3=O)c(N3CCN(C)CC3)nc2n1)C1CCC(F)(F)CC1. The lowest BCUT2D eigenvalue weighted by molar-refractivity contribution is -0.183. The van der Waals surface area contributed by atoms with E-state index < -0.39 is 36.4 Å². The number of nitrogens with zero attached hydrogens (tertiary/aromatic N) is 6. The first-order valence-electron chi connectivity index (χ1n) is 13.5. The molecule has 9 nitrogen and oxygen atoms in total. The summed E-state index contributed by atoms with van der Waals surface area (Å²) in [6.45, 7) is 2.44. The second-order valence-corrected chi connectivity index (χ2v) is 11.2. The molecule has 3 atom stereocenters. The molecule has 39 heavy (non-hydrogen) atoms. The van der Waals surface area contributed by atoms with E-state index in [0.29, 0.717) is 48.9 Å². The van der Waals surface area contributed by atoms with E-state index in [1.54, 1.807) is 13.2 Å². The Hall–Kier alpha value is -2.61. The van der Waals surface area contributed by atoms with Gasteiger partial charge in [-0.15, -0.1) is 0 Å². The number of imidazole rings is 1. The number of halogens is 5. The van der Waals surface area contributed by atoms with Crippen LogP contribution in [0.3, 0.4) is 0 Å². The summed E-state index contributed by atoms with van der Waals surface area (Å²) in [6, 6.07) is -0.267. The third kappa shape index (κ3) is 6.11. The van der Waals surface area contributed by atoms with E-state index in [0.717, 1.165) is 13.1 Å². The quantitative estimate of drug-likeness (QED) is 0.527. The van der Waals surface area contributed by atoms with Crippen LogP contribution in [0.1, 0.15) is 49.5 Å². The van der Waals surface area contributed by atoms with Gasteiger partial charge in [-0.1, -0.05) is 0 Å². The van der Waals surface area contributed by atoms with Gasteiger partial charge in [0.1, 0.15) is 5.69 Å². The number of hydrogen-bond acceptors (Lipinski definition) is 7. The maximum absolute atomic E-state index is 13.8. The fourth-order valence-corrected chi connectivity index (χ4v) is 6.00. The summed E-state index contributed by atoms with van der Waals surface area (Å²) in [5.74, 6) is -4.74. The van der Waals surface area contributed by atoms with Crippen molar-refractivity contribution in [3.63, 3.8) is 0 Å². The van der Waals surface area contributed by atoms with Crippen molar-refractivity contribution >= 4 is 17.5 Å². The van der Waals surface area contributed by atoms with E-state index in [-0.39, 0.29) is 37.6 Å². The van der Waals surface area contributed by atoms with Gasteiger partial charge < -0.3 is 20.4 Å². The van der Waals surface area contributed by atoms with Crippen LogP contribution in [-0.4, -0.2) is 89.3 Å². The minimum absolute atomic E-state index is 0.0176. The fourth-order valence-electron chi connectivity index (χ4n) is 6.00. The van der Waals surface area contributed by atoms with Crippen molar-refractivity contribution in [2.75, 3.05) is 51.7 Å². The van der Waals surface area contributed by atoms with E-state index >= 15 is 0 Å². The number of carbonyl (C=O) groups is 1. The fraction of sp³-hybridized carbons (Fsp3) is 0.760. The van der Waals surface area contributed by atoms with Gasteiger partial charge in [-0.3, -0.25) is 4.79 Å². The molecular formula is C25H35F5N8O. The highest BCUT2D eigenvalue weighted by molar-refractivity contribution is 5.80. The number of rotatable bonds is 6. The Morgan fingerprint density at radius 2 is 1.85 bits per heavy atom. The number of piperazine rings is 1. The van der Waals surface area contributed by atoms with Crippen molar-refractivity contribution < 1.29 is 26.7 Å². The highest BCUT2D eigenvalue weighted by Crippen LogP contribution is 2.41. The number of carbonyl (C=O) groups excluding carboxylic acids is 1. The Balaban J connectivity index is 1.46. The zero-order valence-electron chi connectivity index (χ0n) is 22.1. The number of nitrogens with one attached hydrogen (secondary N) is 2. The number of likely N-dealkylation sites (N-methyl/N-ethyl adjacent to an activating group) is 1. The molecule has 2 unspecified atom stereocenters. The Labute approximate surface area is 223 Å². The van der Waals surface area contributed by atoms with Crippen molar-refractivity contribution in [3.05, 3.63) is 17.6 Å². The molecule has 0 radical (unpaired) electrons. The summed E-state index contributed by atoms with van der Waals surface area (Å²) in [5.41, 5.74) is 1.07. The van der Waals surface area contributed by atoms with Crippen molar-refractivity contribution in [2.24, 2.45) is 17.8 Å². The molecule has 0 aromatic carbocycles. The Bertz CT molecular complexity index is 1170. The molecule has 1 amide bonds. The average Bonchev–Trinajstić information content (AvgIpc) is 3.28. The number of fused-ring (bicyclic) bond motifs is 1. The average molecular weight is 559 g/mol. The molecule has 1 aliphatic carbocycles. The van der Waals surface area contributed by atoms with Crippen LogP contribution in [0.2, 0.25) is 0 Å². The van der Waals surface area contributed by atoms with Gasteiger partial charge in [0.15, 0.2) is 5.82 Å². The standard InChI is InChI=1S/C25H35F5N8O/c1-31-20(15-3-5-24(26,27)6-4-15)19-14-38-23(33-19)34-21(37-9-7-36(2)8-10-37)18(35-38)12-16-11-17(25(28,29)30)13-32-22(16)39/h14-17,20,31H,3-13H2,1-2H3,(H,32,39)/t16-,17?,20?/m1/s1. The molecule has 2 aliphatic heterocycles. The first-order chi connectivity index (χ1) is 18.4. The van der Waals surface area contributed by atoms with Crippen LogP contribution in [0, 0.1) is 17.8 Å². The summed E-state index contributed by atoms with van der Waals surface area (Å²) >= 11 is 0. The van der Waals surface area contributed by atoms with Gasteiger partial charge in [0, 0.05) is 57.9 Å². The smallest absolute Gasteiger partial charge is 0.355 e. The molecule has 0 spiro atoms. The predicted octanol–water partition coefficient (Wildman–Crippen LogP) is 2.82. The first-order valence-corrected chi connectivity index (χ1v) is 13.5. The molecule has 4 heterocycles. The van der Waals surface area contributed by atoms with Gasteiger partial charge in [-0.25, -0.2) is 18.3 Å². The summed E-state index contributed by atoms with van der Waals surface area (Å²) in [7, 11) is 3.78. The lowest BCUT2D eigenvalue weighted by Crippen LogP contribution is -2.48. The number of amides is 1. The third-order valence-electron chi connectivity index (χ3n) is 8.41. The topological polar surface area (TPSA) is 90.7 Å². The number of piperidine rings is 1. The Morgan fingerprint density at radius 1 is 1.15 bits per heavy atom. The molecule has 2 saturated heterocycles. The van der Waals surface area contributed by atoms with Crippen LogP contribution in [0.25, 0.3) is 5.78 Å². The second kappa shape index (κ2) is 10.8. The Morgan fingerprint density at radius 3 is 2.49 bits per heavy atom. The van der Waals surface area contributed by atoms with Crippen molar-refractivity contribution in [2.45, 2.75) is 56.7 Å². The van der Waals surface area contributed by atoms with E-state index in [1.165, 1.54) is 4.52 Å². The lowest BCUT2D eigenvalue weighted by Gasteiger charge is -2.34. The summed E-state index contributed by atoms with van der Waals surface area (Å²) in [6.07, 6.45) is -2.59. The molecule has 14 heteroatoms. The van der Waals surface area contributed by atoms with Gasteiger partial charge in [0.05, 0.1) is 23.9 Å². The minimum Gasteiger partial charge on any atom is -0.355 e. The first kappa shape index (κ1) is 27.9. The zero-order chi connectivity index (χ0) is 27.9. The minimum atomic E-state index is -4.40. The van der Waals surface area contributed by atoms with Crippen molar-refractivity contribution in [3.8, 4) is 0 Å². The van der Waals surface area contributed by atoms with Crippen LogP contribution < -0.4 is 15.5 Å². The number of hydrogen-bond donors (Lipinski definition) is 2. The molecule has 3 aliphatic rings. The highest BCUT2D eigenvalue weighted by atomic mass is 19.4. The van der Waals surface area contributed by atoms with E-state index in [2.05, 4.69) is 20.5 Å². The molecular weight excluding hydrogens is 523 g/mol. The van der Waals surface area contributed by atoms with Crippen LogP contribution in [0.4, 0.5) is 27.8 Å². The van der Waals surface area contributed by atoms with Crippen molar-refractivity contribution in [1.82, 2.24) is 35.1 Å². The number of anilines is 1. The highest BCUT2D eigenvalue weighted by Gasteiger charge is 2.45. The van der Waals surface area contributed by atoms with Crippen LogP contribution in [0.5, 0.6) is 0 Å². The monoisotopic (exact) mass is 558 g/mol. The number of alkyl halides is 5. The normalized spacial score (nSPS) is 26.1. The van der Waals surface area contributed by atoms with Crippen molar-refractivity contribution in [1.29, 1.82) is 0 Å². The van der Waals surface area contributed by atoms with E-state index in [9.17, 15) is 26.7 Å². The van der Waals surface area contributed by atoms with Crippen LogP contribution >= 0.6 is 0 Å². The zero-order valence-corrected chi connectivity index (χ0v) is 22.1. The Kier molecular flexibility index (Phi) is 7.70. The van der Waals surface area contributed by atoms with Crippen LogP contribution in [0.15, 0.2) is 6.20 Å². The van der Waals surface area contributed by atoms with Gasteiger partial charge >= 0.3 is 6.18 Å². The van der Waals surface area contributed by atoms with Gasteiger partial charge in [0.25, 0.3) is 5.78 Å². The molecule has 5 rings (SSSR count). The molecule has 216 valence electrons. The van der Waals surface area contributed by atoms with Gasteiger partial charge in [-0.05, 0) is 39.3 Å². The molecule has 2 aromatic rings. The second-order valence-electron chi connectivity index (χ2n) is 11.2. The lowest BCUT2D eigenvalue weighted by atomic mass is 9.81. The largest absolute Gasteiger partial charge is 0.393 e.